The van der Waals surface area contributed by atoms with Crippen LogP contribution in [0, 0.1) is 0 Å². The van der Waals surface area contributed by atoms with Crippen molar-refractivity contribution in [3.8, 4) is 0 Å². The Hall–Kier alpha value is -1.56. The lowest BCUT2D eigenvalue weighted by Gasteiger charge is -2.16. The van der Waals surface area contributed by atoms with Crippen LogP contribution in [0.3, 0.4) is 0 Å². The Morgan fingerprint density at radius 3 is 2.28 bits per heavy atom. The summed E-state index contributed by atoms with van der Waals surface area (Å²) in [6, 6.07) is 6.26. The first-order chi connectivity index (χ1) is 8.36. The molecule has 0 aromatic heterocycles. The van der Waals surface area contributed by atoms with Gasteiger partial charge in [-0.2, -0.15) is 0 Å². The maximum Gasteiger partial charge on any atom is 0.323 e. The molecule has 0 saturated heterocycles. The number of carboxylic acid groups (broad SMARTS) is 1. The monoisotopic (exact) mass is 271 g/mol. The van der Waals surface area contributed by atoms with Crippen LogP contribution in [0.2, 0.25) is 0 Å². The normalized spacial score (nSPS) is 11.2. The molecule has 0 aliphatic carbocycles. The number of anilines is 1. The molecule has 6 heteroatoms. The number of hydrogen-bond acceptors (Lipinski definition) is 4. The summed E-state index contributed by atoms with van der Waals surface area (Å²) in [4.78, 5) is 12.4. The number of hydrogen-bond donors (Lipinski definition) is 1. The van der Waals surface area contributed by atoms with Crippen LogP contribution in [-0.4, -0.2) is 38.8 Å². The van der Waals surface area contributed by atoms with Crippen LogP contribution in [0.15, 0.2) is 29.2 Å². The van der Waals surface area contributed by atoms with Gasteiger partial charge in [0.15, 0.2) is 9.84 Å². The summed E-state index contributed by atoms with van der Waals surface area (Å²) in [6.07, 6.45) is 0.572. The van der Waals surface area contributed by atoms with E-state index in [2.05, 4.69) is 0 Å². The molecule has 1 aromatic rings. The molecule has 1 N–H and O–H groups in total. The van der Waals surface area contributed by atoms with E-state index in [4.69, 9.17) is 5.11 Å². The summed E-state index contributed by atoms with van der Waals surface area (Å²) < 4.78 is 23.6. The van der Waals surface area contributed by atoms with Gasteiger partial charge >= 0.3 is 5.97 Å². The topological polar surface area (TPSA) is 74.7 Å². The van der Waals surface area contributed by atoms with Gasteiger partial charge in [-0.05, 0) is 30.7 Å². The summed E-state index contributed by atoms with van der Waals surface area (Å²) in [5.74, 6) is -0.808. The largest absolute Gasteiger partial charge is 0.480 e. The van der Waals surface area contributed by atoms with Crippen LogP contribution in [0.25, 0.3) is 0 Å². The highest BCUT2D eigenvalue weighted by Gasteiger charge is 2.13. The molecule has 0 aliphatic heterocycles. The maximum atomic E-state index is 11.8. The first-order valence-electron chi connectivity index (χ1n) is 5.62. The first kappa shape index (κ1) is 14.5. The van der Waals surface area contributed by atoms with Crippen molar-refractivity contribution < 1.29 is 18.3 Å². The zero-order valence-corrected chi connectivity index (χ0v) is 11.3. The molecule has 0 unspecified atom stereocenters. The highest BCUT2D eigenvalue weighted by atomic mass is 32.2. The molecular weight excluding hydrogens is 254 g/mol. The van der Waals surface area contributed by atoms with Crippen molar-refractivity contribution in [3.63, 3.8) is 0 Å². The summed E-state index contributed by atoms with van der Waals surface area (Å²) in [5, 5.41) is 8.66. The van der Waals surface area contributed by atoms with E-state index in [9.17, 15) is 13.2 Å². The molecule has 1 aromatic carbocycles. The number of aliphatic carboxylic acids is 1. The van der Waals surface area contributed by atoms with E-state index in [1.165, 1.54) is 12.1 Å². The summed E-state index contributed by atoms with van der Waals surface area (Å²) in [5.41, 5.74) is 0.674. The average molecular weight is 271 g/mol. The summed E-state index contributed by atoms with van der Waals surface area (Å²) in [6.45, 7) is 1.69. The van der Waals surface area contributed by atoms with Gasteiger partial charge in [-0.3, -0.25) is 4.79 Å². The lowest BCUT2D eigenvalue weighted by molar-refractivity contribution is -0.135. The number of carbonyl (C=O) groups is 1. The number of rotatable bonds is 6. The minimum Gasteiger partial charge on any atom is -0.480 e. The number of nitrogens with zero attached hydrogens (tertiary/aromatic N) is 1. The molecule has 5 nitrogen and oxygen atoms in total. The smallest absolute Gasteiger partial charge is 0.323 e. The molecule has 0 spiro atoms. The van der Waals surface area contributed by atoms with Crippen molar-refractivity contribution >= 4 is 21.5 Å². The van der Waals surface area contributed by atoms with Crippen molar-refractivity contribution in [2.75, 3.05) is 24.2 Å². The van der Waals surface area contributed by atoms with E-state index in [1.54, 1.807) is 24.1 Å². The highest BCUT2D eigenvalue weighted by Crippen LogP contribution is 2.18. The van der Waals surface area contributed by atoms with Gasteiger partial charge in [-0.15, -0.1) is 0 Å². The Morgan fingerprint density at radius 2 is 1.83 bits per heavy atom. The van der Waals surface area contributed by atoms with E-state index in [0.717, 1.165) is 0 Å². The van der Waals surface area contributed by atoms with Crippen LogP contribution < -0.4 is 4.90 Å². The van der Waals surface area contributed by atoms with Crippen LogP contribution in [0.5, 0.6) is 0 Å². The van der Waals surface area contributed by atoms with E-state index in [1.807, 2.05) is 6.92 Å². The van der Waals surface area contributed by atoms with E-state index >= 15 is 0 Å². The predicted molar refractivity (Wildman–Crippen MR) is 69.7 cm³/mol. The fourth-order valence-electron chi connectivity index (χ4n) is 1.59. The summed E-state index contributed by atoms with van der Waals surface area (Å²) in [7, 11) is -1.57. The molecule has 0 saturated carbocycles. The molecule has 1 rings (SSSR count). The second-order valence-electron chi connectivity index (χ2n) is 4.06. The van der Waals surface area contributed by atoms with Crippen molar-refractivity contribution in [1.82, 2.24) is 0 Å². The SMILES string of the molecule is CCCS(=O)(=O)c1ccc(N(C)CC(=O)O)cc1. The van der Waals surface area contributed by atoms with Gasteiger partial charge in [-0.25, -0.2) is 8.42 Å². The van der Waals surface area contributed by atoms with Crippen LogP contribution >= 0.6 is 0 Å². The molecule has 100 valence electrons. The molecule has 0 radical (unpaired) electrons. The molecule has 18 heavy (non-hydrogen) atoms. The van der Waals surface area contributed by atoms with Gasteiger partial charge in [-0.1, -0.05) is 6.92 Å². The van der Waals surface area contributed by atoms with E-state index < -0.39 is 15.8 Å². The van der Waals surface area contributed by atoms with Gasteiger partial charge in [0.05, 0.1) is 10.6 Å². The number of likely N-dealkylation sites (N-methyl/N-ethyl adjacent to an activating group) is 1. The third kappa shape index (κ3) is 3.73. The molecule has 0 bridgehead atoms. The minimum atomic E-state index is -3.21. The fourth-order valence-corrected chi connectivity index (χ4v) is 2.91. The van der Waals surface area contributed by atoms with Crippen LogP contribution in [-0.2, 0) is 14.6 Å². The maximum absolute atomic E-state index is 11.8. The van der Waals surface area contributed by atoms with Crippen molar-refractivity contribution in [3.05, 3.63) is 24.3 Å². The Kier molecular flexibility index (Phi) is 4.72. The number of sulfone groups is 1. The molecule has 0 heterocycles. The van der Waals surface area contributed by atoms with Crippen molar-refractivity contribution in [1.29, 1.82) is 0 Å². The summed E-state index contributed by atoms with van der Waals surface area (Å²) >= 11 is 0. The minimum absolute atomic E-state index is 0.122. The molecule has 0 aliphatic rings. The zero-order valence-electron chi connectivity index (χ0n) is 10.5. The third-order valence-electron chi connectivity index (χ3n) is 2.48. The second kappa shape index (κ2) is 5.86. The highest BCUT2D eigenvalue weighted by molar-refractivity contribution is 7.91. The van der Waals surface area contributed by atoms with E-state index in [0.29, 0.717) is 12.1 Å². The average Bonchev–Trinajstić information content (AvgIpc) is 2.28. The Morgan fingerprint density at radius 1 is 1.28 bits per heavy atom. The molecular formula is C12H17NO4S. The third-order valence-corrected chi connectivity index (χ3v) is 4.42. The quantitative estimate of drug-likeness (QED) is 0.846. The predicted octanol–water partition coefficient (Wildman–Crippen LogP) is 1.39. The lowest BCUT2D eigenvalue weighted by atomic mass is 10.3. The van der Waals surface area contributed by atoms with Gasteiger partial charge < -0.3 is 10.0 Å². The molecule has 0 fully saturated rings. The van der Waals surface area contributed by atoms with Gasteiger partial charge in [0.25, 0.3) is 0 Å². The molecule has 0 atom stereocenters. The van der Waals surface area contributed by atoms with Gasteiger partial charge in [0, 0.05) is 12.7 Å². The Labute approximate surface area is 107 Å². The first-order valence-corrected chi connectivity index (χ1v) is 7.28. The van der Waals surface area contributed by atoms with E-state index in [-0.39, 0.29) is 17.2 Å². The van der Waals surface area contributed by atoms with Crippen LogP contribution in [0.4, 0.5) is 5.69 Å². The van der Waals surface area contributed by atoms with Crippen molar-refractivity contribution in [2.45, 2.75) is 18.2 Å². The van der Waals surface area contributed by atoms with Crippen molar-refractivity contribution in [2.24, 2.45) is 0 Å². The Balaban J connectivity index is 2.89. The zero-order chi connectivity index (χ0) is 13.8. The van der Waals surface area contributed by atoms with Crippen LogP contribution in [0.1, 0.15) is 13.3 Å². The lowest BCUT2D eigenvalue weighted by Crippen LogP contribution is -2.25. The number of benzene rings is 1. The fraction of sp³-hybridized carbons (Fsp3) is 0.417. The van der Waals surface area contributed by atoms with Gasteiger partial charge in [0.1, 0.15) is 6.54 Å². The Bertz CT molecular complexity index is 507. The second-order valence-corrected chi connectivity index (χ2v) is 6.17. The van der Waals surface area contributed by atoms with Gasteiger partial charge in [0.2, 0.25) is 0 Å². The number of carboxylic acids is 1. The molecule has 0 amide bonds. The standard InChI is InChI=1S/C12H17NO4S/c1-3-8-18(16,17)11-6-4-10(5-7-11)13(2)9-12(14)15/h4-7H,3,8-9H2,1-2H3,(H,14,15).